The summed E-state index contributed by atoms with van der Waals surface area (Å²) >= 11 is 13.4. The number of hydrogen-bond donors (Lipinski definition) is 1. The molecule has 0 radical (unpaired) electrons. The molecule has 2 aliphatic rings. The fourth-order valence-electron chi connectivity index (χ4n) is 3.70. The van der Waals surface area contributed by atoms with E-state index in [1.165, 1.54) is 11.3 Å². The number of rotatable bonds is 2. The van der Waals surface area contributed by atoms with E-state index in [9.17, 15) is 9.90 Å². The Bertz CT molecular complexity index is 795. The van der Waals surface area contributed by atoms with Crippen LogP contribution in [0.4, 0.5) is 0 Å². The van der Waals surface area contributed by atoms with Gasteiger partial charge < -0.3 is 10.0 Å². The molecule has 1 aliphatic carbocycles. The van der Waals surface area contributed by atoms with Crippen molar-refractivity contribution in [1.82, 2.24) is 9.88 Å². The molecule has 1 aromatic heterocycles. The molecule has 2 aromatic rings. The molecule has 1 saturated carbocycles. The van der Waals surface area contributed by atoms with Gasteiger partial charge in [-0.05, 0) is 30.9 Å². The molecule has 2 fully saturated rings. The normalized spacial score (nSPS) is 26.0. The van der Waals surface area contributed by atoms with Gasteiger partial charge in [0.05, 0.1) is 16.1 Å². The Balaban J connectivity index is 1.52. The predicted molar refractivity (Wildman–Crippen MR) is 95.7 cm³/mol. The largest absolute Gasteiger partial charge is 0.393 e. The molecule has 4 rings (SSSR count). The molecule has 24 heavy (non-hydrogen) atoms. The average molecular weight is 383 g/mol. The summed E-state index contributed by atoms with van der Waals surface area (Å²) in [6.07, 6.45) is 1.59. The minimum absolute atomic E-state index is 0.0563. The molecule has 3 atom stereocenters. The number of carbonyl (C=O) groups excluding carboxylic acids is 1. The maximum Gasteiger partial charge on any atom is 0.273 e. The number of likely N-dealkylation sites (tertiary alicyclic amines) is 1. The Morgan fingerprint density at radius 3 is 2.83 bits per heavy atom. The van der Waals surface area contributed by atoms with Crippen LogP contribution in [0.15, 0.2) is 23.6 Å². The van der Waals surface area contributed by atoms with Crippen LogP contribution < -0.4 is 0 Å². The Morgan fingerprint density at radius 1 is 1.25 bits per heavy atom. The summed E-state index contributed by atoms with van der Waals surface area (Å²) in [5, 5.41) is 13.5. The Morgan fingerprint density at radius 2 is 2.08 bits per heavy atom. The standard InChI is InChI=1S/C17H16Cl2N2O2S/c18-12-3-1-9(5-13(12)19)16-20-14(8-24-16)17(23)21-6-10-2-4-15(22)11(10)7-21/h1,3,5,8,10-11,15,22H,2,4,6-7H2. The molecule has 1 N–H and O–H groups in total. The molecule has 2 heterocycles. The molecule has 4 nitrogen and oxygen atoms in total. The molecule has 1 aromatic carbocycles. The van der Waals surface area contributed by atoms with E-state index in [0.29, 0.717) is 28.2 Å². The van der Waals surface area contributed by atoms with E-state index in [-0.39, 0.29) is 17.9 Å². The summed E-state index contributed by atoms with van der Waals surface area (Å²) in [4.78, 5) is 19.0. The van der Waals surface area contributed by atoms with Crippen LogP contribution in [-0.4, -0.2) is 40.1 Å². The van der Waals surface area contributed by atoms with Crippen LogP contribution in [0.2, 0.25) is 10.0 Å². The zero-order valence-electron chi connectivity index (χ0n) is 12.8. The van der Waals surface area contributed by atoms with Gasteiger partial charge in [-0.15, -0.1) is 11.3 Å². The lowest BCUT2D eigenvalue weighted by molar-refractivity contribution is 0.0747. The molecule has 0 spiro atoms. The summed E-state index contributed by atoms with van der Waals surface area (Å²) in [6.45, 7) is 1.35. The molecule has 7 heteroatoms. The number of hydrogen-bond acceptors (Lipinski definition) is 4. The number of halogens is 2. The van der Waals surface area contributed by atoms with Crippen LogP contribution in [0.1, 0.15) is 23.3 Å². The van der Waals surface area contributed by atoms with Crippen molar-refractivity contribution in [1.29, 1.82) is 0 Å². The third-order valence-corrected chi connectivity index (χ3v) is 6.63. The number of benzene rings is 1. The highest BCUT2D eigenvalue weighted by Crippen LogP contribution is 2.39. The molecule has 126 valence electrons. The molecule has 0 bridgehead atoms. The zero-order valence-corrected chi connectivity index (χ0v) is 15.1. The highest BCUT2D eigenvalue weighted by atomic mass is 35.5. The first-order valence-corrected chi connectivity index (χ1v) is 9.55. The number of nitrogens with zero attached hydrogens (tertiary/aromatic N) is 2. The van der Waals surface area contributed by atoms with Crippen molar-refractivity contribution in [3.05, 3.63) is 39.3 Å². The van der Waals surface area contributed by atoms with E-state index in [1.807, 2.05) is 11.0 Å². The van der Waals surface area contributed by atoms with Gasteiger partial charge in [0, 0.05) is 30.0 Å². The SMILES string of the molecule is O=C(c1csc(-c2ccc(Cl)c(Cl)c2)n1)N1CC2CCC(O)C2C1. The molecular weight excluding hydrogens is 367 g/mol. The minimum atomic E-state index is -0.269. The van der Waals surface area contributed by atoms with E-state index in [4.69, 9.17) is 23.2 Å². The third-order valence-electron chi connectivity index (χ3n) is 5.00. The van der Waals surface area contributed by atoms with E-state index in [0.717, 1.165) is 30.0 Å². The lowest BCUT2D eigenvalue weighted by Crippen LogP contribution is -2.31. The highest BCUT2D eigenvalue weighted by molar-refractivity contribution is 7.13. The van der Waals surface area contributed by atoms with Crippen molar-refractivity contribution in [3.8, 4) is 10.6 Å². The maximum atomic E-state index is 12.7. The van der Waals surface area contributed by atoms with E-state index < -0.39 is 0 Å². The number of thiazole rings is 1. The van der Waals surface area contributed by atoms with Crippen LogP contribution in [0, 0.1) is 11.8 Å². The zero-order chi connectivity index (χ0) is 16.8. The van der Waals surface area contributed by atoms with Gasteiger partial charge in [0.1, 0.15) is 10.7 Å². The summed E-state index contributed by atoms with van der Waals surface area (Å²) in [7, 11) is 0. The van der Waals surface area contributed by atoms with Gasteiger partial charge in [-0.25, -0.2) is 4.98 Å². The first-order chi connectivity index (χ1) is 11.5. The third kappa shape index (κ3) is 2.84. The van der Waals surface area contributed by atoms with Crippen molar-refractivity contribution < 1.29 is 9.90 Å². The Labute approximate surface area is 154 Å². The van der Waals surface area contributed by atoms with Gasteiger partial charge in [0.25, 0.3) is 5.91 Å². The van der Waals surface area contributed by atoms with Crippen molar-refractivity contribution >= 4 is 40.4 Å². The smallest absolute Gasteiger partial charge is 0.273 e. The lowest BCUT2D eigenvalue weighted by Gasteiger charge is -2.17. The van der Waals surface area contributed by atoms with Gasteiger partial charge in [0.15, 0.2) is 0 Å². The van der Waals surface area contributed by atoms with E-state index in [2.05, 4.69) is 4.98 Å². The van der Waals surface area contributed by atoms with Gasteiger partial charge in [0.2, 0.25) is 0 Å². The number of carbonyl (C=O) groups is 1. The van der Waals surface area contributed by atoms with Crippen LogP contribution in [-0.2, 0) is 0 Å². The van der Waals surface area contributed by atoms with Crippen molar-refractivity contribution in [2.24, 2.45) is 11.8 Å². The van der Waals surface area contributed by atoms with Crippen LogP contribution in [0.3, 0.4) is 0 Å². The number of fused-ring (bicyclic) bond motifs is 1. The number of aromatic nitrogens is 1. The van der Waals surface area contributed by atoms with Crippen LogP contribution in [0.25, 0.3) is 10.6 Å². The highest BCUT2D eigenvalue weighted by Gasteiger charge is 2.43. The number of amides is 1. The summed E-state index contributed by atoms with van der Waals surface area (Å²) in [5.74, 6) is 0.596. The van der Waals surface area contributed by atoms with Crippen molar-refractivity contribution in [2.45, 2.75) is 18.9 Å². The fourth-order valence-corrected chi connectivity index (χ4v) is 4.79. The fraction of sp³-hybridized carbons (Fsp3) is 0.412. The monoisotopic (exact) mass is 382 g/mol. The van der Waals surface area contributed by atoms with Crippen molar-refractivity contribution in [3.63, 3.8) is 0 Å². The second kappa shape index (κ2) is 6.30. The second-order valence-corrected chi connectivity index (χ2v) is 8.12. The summed E-state index contributed by atoms with van der Waals surface area (Å²) in [5.41, 5.74) is 1.30. The molecular formula is C17H16Cl2N2O2S. The second-order valence-electron chi connectivity index (χ2n) is 6.45. The van der Waals surface area contributed by atoms with E-state index >= 15 is 0 Å². The topological polar surface area (TPSA) is 53.4 Å². The van der Waals surface area contributed by atoms with Gasteiger partial charge in [-0.1, -0.05) is 29.3 Å². The number of aliphatic hydroxyl groups excluding tert-OH is 1. The van der Waals surface area contributed by atoms with Gasteiger partial charge in [-0.2, -0.15) is 0 Å². The lowest BCUT2D eigenvalue weighted by atomic mass is 10.00. The minimum Gasteiger partial charge on any atom is -0.393 e. The summed E-state index contributed by atoms with van der Waals surface area (Å²) < 4.78 is 0. The van der Waals surface area contributed by atoms with Gasteiger partial charge in [-0.3, -0.25) is 4.79 Å². The molecule has 1 saturated heterocycles. The van der Waals surface area contributed by atoms with E-state index in [1.54, 1.807) is 17.5 Å². The Hall–Kier alpha value is -1.14. The predicted octanol–water partition coefficient (Wildman–Crippen LogP) is 3.96. The first kappa shape index (κ1) is 16.3. The quantitative estimate of drug-likeness (QED) is 0.854. The maximum absolute atomic E-state index is 12.7. The molecule has 3 unspecified atom stereocenters. The average Bonchev–Trinajstić information content (AvgIpc) is 3.27. The Kier molecular flexibility index (Phi) is 4.29. The molecule has 1 aliphatic heterocycles. The van der Waals surface area contributed by atoms with Crippen LogP contribution in [0.5, 0.6) is 0 Å². The van der Waals surface area contributed by atoms with Crippen molar-refractivity contribution in [2.75, 3.05) is 13.1 Å². The van der Waals surface area contributed by atoms with Crippen LogP contribution >= 0.6 is 34.5 Å². The van der Waals surface area contributed by atoms with Gasteiger partial charge >= 0.3 is 0 Å². The molecule has 1 amide bonds. The number of aliphatic hydroxyl groups is 1. The first-order valence-electron chi connectivity index (χ1n) is 7.91. The summed E-state index contributed by atoms with van der Waals surface area (Å²) in [6, 6.07) is 5.33.